The molecule has 0 aromatic heterocycles. The third-order valence-corrected chi connectivity index (χ3v) is 10.7. The van der Waals surface area contributed by atoms with E-state index in [0.29, 0.717) is 10.8 Å². The van der Waals surface area contributed by atoms with Crippen molar-refractivity contribution in [3.05, 3.63) is 22.8 Å². The van der Waals surface area contributed by atoms with E-state index in [9.17, 15) is 5.11 Å². The third-order valence-electron chi connectivity index (χ3n) is 10.7. The molecule has 0 aliphatic heterocycles. The molecule has 0 radical (unpaired) electrons. The largest absolute Gasteiger partial charge is 0.392 e. The molecule has 0 amide bonds. The molecule has 1 heteroatoms. The summed E-state index contributed by atoms with van der Waals surface area (Å²) in [7, 11) is 0. The third kappa shape index (κ3) is 3.58. The van der Waals surface area contributed by atoms with Crippen molar-refractivity contribution in [3.8, 4) is 0 Å². The Labute approximate surface area is 180 Å². The molecular formula is C28H46O. The molecule has 4 aliphatic carbocycles. The first-order valence-electron chi connectivity index (χ1n) is 12.8. The first-order valence-corrected chi connectivity index (χ1v) is 12.8. The first kappa shape index (κ1) is 21.7. The number of hydrogen-bond acceptors (Lipinski definition) is 1. The lowest BCUT2D eigenvalue weighted by Gasteiger charge is -2.58. The van der Waals surface area contributed by atoms with Crippen molar-refractivity contribution in [2.24, 2.45) is 40.4 Å². The number of aliphatic hydroxyl groups excluding tert-OH is 1. The van der Waals surface area contributed by atoms with Crippen molar-refractivity contribution in [2.75, 3.05) is 6.61 Å². The van der Waals surface area contributed by atoms with Crippen LogP contribution in [-0.2, 0) is 0 Å². The Balaban J connectivity index is 1.49. The fraction of sp³-hybridized carbons (Fsp3) is 0.857. The van der Waals surface area contributed by atoms with Crippen LogP contribution in [0.1, 0.15) is 105 Å². The van der Waals surface area contributed by atoms with Gasteiger partial charge in [-0.15, -0.1) is 0 Å². The van der Waals surface area contributed by atoms with Crippen molar-refractivity contribution < 1.29 is 5.11 Å². The Morgan fingerprint density at radius 3 is 2.62 bits per heavy atom. The highest BCUT2D eigenvalue weighted by Crippen LogP contribution is 2.67. The second-order valence-corrected chi connectivity index (χ2v) is 11.9. The molecule has 0 heterocycles. The zero-order valence-electron chi connectivity index (χ0n) is 19.9. The maximum atomic E-state index is 9.43. The Kier molecular flexibility index (Phi) is 6.11. The summed E-state index contributed by atoms with van der Waals surface area (Å²) in [5.74, 6) is 4.59. The summed E-state index contributed by atoms with van der Waals surface area (Å²) >= 11 is 0. The average molecular weight is 399 g/mol. The molecule has 0 unspecified atom stereocenters. The minimum absolute atomic E-state index is 0.223. The summed E-state index contributed by atoms with van der Waals surface area (Å²) in [4.78, 5) is 0. The lowest BCUT2D eigenvalue weighted by atomic mass is 9.47. The predicted molar refractivity (Wildman–Crippen MR) is 124 cm³/mol. The molecule has 4 aliphatic rings. The summed E-state index contributed by atoms with van der Waals surface area (Å²) in [5, 5.41) is 9.43. The Hall–Kier alpha value is -0.560. The minimum atomic E-state index is 0.223. The fourth-order valence-electron chi connectivity index (χ4n) is 8.67. The van der Waals surface area contributed by atoms with Crippen LogP contribution in [0, 0.1) is 40.4 Å². The summed E-state index contributed by atoms with van der Waals surface area (Å²) in [6.07, 6.45) is 18.2. The van der Waals surface area contributed by atoms with E-state index in [1.165, 1.54) is 81.8 Å². The minimum Gasteiger partial charge on any atom is -0.392 e. The second-order valence-electron chi connectivity index (χ2n) is 11.9. The van der Waals surface area contributed by atoms with Crippen molar-refractivity contribution in [3.63, 3.8) is 0 Å². The second kappa shape index (κ2) is 8.18. The molecule has 0 bridgehead atoms. The SMILES string of the molecule is CC(CO)=C(C)CC[C@@H](C)[C@H]1CC[C@H]2[C@@H]3CC=C4CCCC[C@]4(C)[C@H]3CC[C@]12C. The molecule has 29 heavy (non-hydrogen) atoms. The number of aliphatic hydroxyl groups is 1. The van der Waals surface area contributed by atoms with E-state index in [1.54, 1.807) is 0 Å². The van der Waals surface area contributed by atoms with Gasteiger partial charge in [0, 0.05) is 0 Å². The molecule has 3 saturated carbocycles. The molecule has 0 spiro atoms. The van der Waals surface area contributed by atoms with Gasteiger partial charge in [0.05, 0.1) is 6.61 Å². The van der Waals surface area contributed by atoms with Gasteiger partial charge in [-0.1, -0.05) is 44.4 Å². The highest BCUT2D eigenvalue weighted by molar-refractivity contribution is 5.24. The molecule has 0 saturated heterocycles. The normalized spacial score (nSPS) is 43.6. The molecule has 1 N–H and O–H groups in total. The van der Waals surface area contributed by atoms with Gasteiger partial charge in [0.15, 0.2) is 0 Å². The highest BCUT2D eigenvalue weighted by Gasteiger charge is 2.58. The van der Waals surface area contributed by atoms with Gasteiger partial charge in [-0.25, -0.2) is 0 Å². The Morgan fingerprint density at radius 1 is 1.07 bits per heavy atom. The van der Waals surface area contributed by atoms with Crippen LogP contribution in [0.2, 0.25) is 0 Å². The van der Waals surface area contributed by atoms with Crippen LogP contribution >= 0.6 is 0 Å². The standard InChI is InChI=1S/C28H46O/c1-19(21(3)18-29)9-10-20(2)24-13-14-25-23-12-11-22-8-6-7-16-27(22,4)26(23)15-17-28(24,25)5/h11,20,23-26,29H,6-10,12-18H2,1-5H3/t20-,23+,24-,25+,26+,27+,28-/m1/s1. The molecule has 4 rings (SSSR count). The van der Waals surface area contributed by atoms with E-state index >= 15 is 0 Å². The van der Waals surface area contributed by atoms with Gasteiger partial charge < -0.3 is 5.11 Å². The molecule has 3 fully saturated rings. The predicted octanol–water partition coefficient (Wildman–Crippen LogP) is 7.70. The smallest absolute Gasteiger partial charge is 0.0641 e. The number of rotatable bonds is 5. The summed E-state index contributed by atoms with van der Waals surface area (Å²) in [5.41, 5.74) is 5.55. The zero-order valence-corrected chi connectivity index (χ0v) is 19.9. The fourth-order valence-corrected chi connectivity index (χ4v) is 8.67. The van der Waals surface area contributed by atoms with Crippen LogP contribution in [0.4, 0.5) is 0 Å². The van der Waals surface area contributed by atoms with Crippen LogP contribution in [-0.4, -0.2) is 11.7 Å². The van der Waals surface area contributed by atoms with E-state index in [2.05, 4.69) is 40.7 Å². The van der Waals surface area contributed by atoms with Crippen molar-refractivity contribution in [1.82, 2.24) is 0 Å². The van der Waals surface area contributed by atoms with Crippen LogP contribution in [0.5, 0.6) is 0 Å². The van der Waals surface area contributed by atoms with Gasteiger partial charge in [-0.3, -0.25) is 0 Å². The molecule has 0 aromatic rings. The topological polar surface area (TPSA) is 20.2 Å². The van der Waals surface area contributed by atoms with Gasteiger partial charge in [0.1, 0.15) is 0 Å². The van der Waals surface area contributed by atoms with Crippen LogP contribution in [0.3, 0.4) is 0 Å². The summed E-state index contributed by atoms with van der Waals surface area (Å²) in [6.45, 7) is 12.4. The lowest BCUT2D eigenvalue weighted by molar-refractivity contribution is -0.0498. The van der Waals surface area contributed by atoms with Crippen molar-refractivity contribution in [2.45, 2.75) is 105 Å². The van der Waals surface area contributed by atoms with Gasteiger partial charge in [0.2, 0.25) is 0 Å². The molecule has 164 valence electrons. The van der Waals surface area contributed by atoms with Gasteiger partial charge in [-0.2, -0.15) is 0 Å². The van der Waals surface area contributed by atoms with Crippen LogP contribution in [0.15, 0.2) is 22.8 Å². The summed E-state index contributed by atoms with van der Waals surface area (Å²) < 4.78 is 0. The Morgan fingerprint density at radius 2 is 1.86 bits per heavy atom. The highest BCUT2D eigenvalue weighted by atomic mass is 16.3. The molecular weight excluding hydrogens is 352 g/mol. The van der Waals surface area contributed by atoms with E-state index in [4.69, 9.17) is 0 Å². The van der Waals surface area contributed by atoms with E-state index in [-0.39, 0.29) is 6.61 Å². The number of fused-ring (bicyclic) bond motifs is 5. The maximum Gasteiger partial charge on any atom is 0.0641 e. The monoisotopic (exact) mass is 398 g/mol. The number of hydrogen-bond donors (Lipinski definition) is 1. The van der Waals surface area contributed by atoms with E-state index < -0.39 is 0 Å². The van der Waals surface area contributed by atoms with E-state index in [0.717, 1.165) is 29.6 Å². The van der Waals surface area contributed by atoms with Gasteiger partial charge in [-0.05, 0) is 124 Å². The van der Waals surface area contributed by atoms with Crippen LogP contribution < -0.4 is 0 Å². The Bertz CT molecular complexity index is 672. The summed E-state index contributed by atoms with van der Waals surface area (Å²) in [6, 6.07) is 0. The number of allylic oxidation sites excluding steroid dienone is 3. The zero-order chi connectivity index (χ0) is 20.8. The van der Waals surface area contributed by atoms with Crippen molar-refractivity contribution >= 4 is 0 Å². The first-order chi connectivity index (χ1) is 13.8. The average Bonchev–Trinajstić information content (AvgIpc) is 3.08. The lowest BCUT2D eigenvalue weighted by Crippen LogP contribution is -2.50. The molecule has 7 atom stereocenters. The van der Waals surface area contributed by atoms with E-state index in [1.807, 2.05) is 5.57 Å². The molecule has 0 aromatic carbocycles. The van der Waals surface area contributed by atoms with Gasteiger partial charge >= 0.3 is 0 Å². The maximum absolute atomic E-state index is 9.43. The van der Waals surface area contributed by atoms with Crippen molar-refractivity contribution in [1.29, 1.82) is 0 Å². The quantitative estimate of drug-likeness (QED) is 0.470. The molecule has 1 nitrogen and oxygen atoms in total. The van der Waals surface area contributed by atoms with Gasteiger partial charge in [0.25, 0.3) is 0 Å². The van der Waals surface area contributed by atoms with Crippen LogP contribution in [0.25, 0.3) is 0 Å².